The molecule has 3 rings (SSSR count). The average Bonchev–Trinajstić information content (AvgIpc) is 2.67. The van der Waals surface area contributed by atoms with Crippen molar-refractivity contribution >= 4 is 23.1 Å². The number of aliphatic imine (C=N–C) groups is 1. The zero-order valence-electron chi connectivity index (χ0n) is 10.7. The van der Waals surface area contributed by atoms with Gasteiger partial charge >= 0.3 is 0 Å². The lowest BCUT2D eigenvalue weighted by atomic mass is 10.1. The molecule has 0 aliphatic carbocycles. The van der Waals surface area contributed by atoms with Crippen molar-refractivity contribution in [3.63, 3.8) is 0 Å². The van der Waals surface area contributed by atoms with E-state index in [1.807, 2.05) is 0 Å². The van der Waals surface area contributed by atoms with Crippen LogP contribution in [0.3, 0.4) is 0 Å². The minimum atomic E-state index is -0.469. The van der Waals surface area contributed by atoms with Crippen LogP contribution in [-0.2, 0) is 0 Å². The number of nitro benzene ring substituents is 1. The quantitative estimate of drug-likeness (QED) is 0.649. The number of nitrogens with one attached hydrogen (secondary N) is 2. The van der Waals surface area contributed by atoms with Crippen LogP contribution in [0.25, 0.3) is 0 Å². The first-order valence-corrected chi connectivity index (χ1v) is 6.14. The molecule has 2 N–H and O–H groups in total. The Hall–Kier alpha value is -3.22. The van der Waals surface area contributed by atoms with E-state index in [4.69, 9.17) is 0 Å². The minimum Gasteiger partial charge on any atom is -0.281 e. The van der Waals surface area contributed by atoms with Crippen LogP contribution in [-0.4, -0.2) is 16.7 Å². The van der Waals surface area contributed by atoms with Crippen molar-refractivity contribution in [1.82, 2.24) is 10.9 Å². The Labute approximate surface area is 119 Å². The number of amides is 1. The summed E-state index contributed by atoms with van der Waals surface area (Å²) in [5, 5.41) is 10.7. The summed E-state index contributed by atoms with van der Waals surface area (Å²) in [6, 6.07) is 12.9. The molecule has 2 aromatic rings. The number of rotatable bonds is 2. The van der Waals surface area contributed by atoms with Crippen LogP contribution < -0.4 is 10.9 Å². The molecule has 21 heavy (non-hydrogen) atoms. The Morgan fingerprint density at radius 2 is 1.71 bits per heavy atom. The van der Waals surface area contributed by atoms with Gasteiger partial charge in [0, 0.05) is 17.7 Å². The maximum atomic E-state index is 11.9. The highest BCUT2D eigenvalue weighted by Crippen LogP contribution is 2.21. The number of fused-ring (bicyclic) bond motifs is 1. The Morgan fingerprint density at radius 1 is 1.00 bits per heavy atom. The second-order valence-electron chi connectivity index (χ2n) is 4.36. The molecule has 0 fully saturated rings. The molecule has 1 aliphatic heterocycles. The normalized spacial score (nSPS) is 13.3. The minimum absolute atomic E-state index is 0.00240. The molecule has 1 amide bonds. The standard InChI is InChI=1S/C14H10N4O3/c19-14-11-3-1-2-4-12(11)15-13(16-17-14)9-5-7-10(8-6-9)18(20)21/h1-8H,(H,15,16)(H,17,19). The molecule has 1 aliphatic rings. The largest absolute Gasteiger partial charge is 0.281 e. The van der Waals surface area contributed by atoms with Gasteiger partial charge in [0.05, 0.1) is 16.2 Å². The first kappa shape index (κ1) is 12.8. The molecule has 0 aromatic heterocycles. The topological polar surface area (TPSA) is 96.6 Å². The van der Waals surface area contributed by atoms with Crippen molar-refractivity contribution in [2.24, 2.45) is 4.99 Å². The van der Waals surface area contributed by atoms with Crippen LogP contribution in [0, 0.1) is 10.1 Å². The first-order chi connectivity index (χ1) is 10.1. The molecule has 0 saturated heterocycles. The number of carbonyl (C=O) groups is 1. The Balaban J connectivity index is 2.01. The third-order valence-corrected chi connectivity index (χ3v) is 3.03. The lowest BCUT2D eigenvalue weighted by molar-refractivity contribution is -0.384. The molecular formula is C14H10N4O3. The van der Waals surface area contributed by atoms with Crippen molar-refractivity contribution in [2.75, 3.05) is 0 Å². The Kier molecular flexibility index (Phi) is 3.07. The number of hydrazine groups is 1. The second-order valence-corrected chi connectivity index (χ2v) is 4.36. The molecule has 2 aromatic carbocycles. The maximum Gasteiger partial charge on any atom is 0.271 e. The van der Waals surface area contributed by atoms with Crippen molar-refractivity contribution < 1.29 is 9.72 Å². The van der Waals surface area contributed by atoms with E-state index < -0.39 is 4.92 Å². The van der Waals surface area contributed by atoms with Crippen molar-refractivity contribution in [3.8, 4) is 0 Å². The summed E-state index contributed by atoms with van der Waals surface area (Å²) in [7, 11) is 0. The summed E-state index contributed by atoms with van der Waals surface area (Å²) in [6.07, 6.45) is 0. The van der Waals surface area contributed by atoms with Gasteiger partial charge < -0.3 is 0 Å². The van der Waals surface area contributed by atoms with Crippen molar-refractivity contribution in [2.45, 2.75) is 0 Å². The van der Waals surface area contributed by atoms with Crippen LogP contribution in [0.4, 0.5) is 11.4 Å². The van der Waals surface area contributed by atoms with Gasteiger partial charge in [0.25, 0.3) is 11.6 Å². The zero-order valence-corrected chi connectivity index (χ0v) is 10.7. The molecular weight excluding hydrogens is 272 g/mol. The van der Waals surface area contributed by atoms with E-state index in [0.29, 0.717) is 22.6 Å². The Morgan fingerprint density at radius 3 is 2.43 bits per heavy atom. The van der Waals surface area contributed by atoms with Gasteiger partial charge in [0.15, 0.2) is 5.84 Å². The van der Waals surface area contributed by atoms with E-state index >= 15 is 0 Å². The van der Waals surface area contributed by atoms with E-state index in [0.717, 1.165) is 0 Å². The predicted octanol–water partition coefficient (Wildman–Crippen LogP) is 1.92. The van der Waals surface area contributed by atoms with Crippen LogP contribution in [0.2, 0.25) is 0 Å². The van der Waals surface area contributed by atoms with Crippen LogP contribution in [0.5, 0.6) is 0 Å². The number of hydrogen-bond acceptors (Lipinski definition) is 5. The van der Waals surface area contributed by atoms with Gasteiger partial charge in [0.1, 0.15) is 0 Å². The smallest absolute Gasteiger partial charge is 0.271 e. The molecule has 0 unspecified atom stereocenters. The van der Waals surface area contributed by atoms with Crippen molar-refractivity contribution in [1.29, 1.82) is 0 Å². The van der Waals surface area contributed by atoms with E-state index in [9.17, 15) is 14.9 Å². The average molecular weight is 282 g/mol. The fourth-order valence-corrected chi connectivity index (χ4v) is 1.97. The summed E-state index contributed by atoms with van der Waals surface area (Å²) in [6.45, 7) is 0. The fraction of sp³-hybridized carbons (Fsp3) is 0. The molecule has 0 radical (unpaired) electrons. The zero-order chi connectivity index (χ0) is 14.8. The number of para-hydroxylation sites is 1. The number of nitro groups is 1. The Bertz CT molecular complexity index is 753. The second kappa shape index (κ2) is 5.04. The molecule has 7 heteroatoms. The van der Waals surface area contributed by atoms with Crippen molar-refractivity contribution in [3.05, 3.63) is 69.8 Å². The van der Waals surface area contributed by atoms with Gasteiger partial charge in [-0.2, -0.15) is 0 Å². The highest BCUT2D eigenvalue weighted by molar-refractivity contribution is 6.07. The molecule has 1 heterocycles. The van der Waals surface area contributed by atoms with Gasteiger partial charge in [-0.3, -0.25) is 25.8 Å². The SMILES string of the molecule is O=C1NNC(c2ccc([N+](=O)[O-])cc2)=Nc2ccccc21. The summed E-state index contributed by atoms with van der Waals surface area (Å²) in [5.41, 5.74) is 6.89. The maximum absolute atomic E-state index is 11.9. The van der Waals surface area contributed by atoms with Crippen LogP contribution in [0.1, 0.15) is 15.9 Å². The third kappa shape index (κ3) is 2.44. The summed E-state index contributed by atoms with van der Waals surface area (Å²) in [5.74, 6) is 0.134. The van der Waals surface area contributed by atoms with Gasteiger partial charge in [0.2, 0.25) is 0 Å². The summed E-state index contributed by atoms with van der Waals surface area (Å²) in [4.78, 5) is 26.5. The lowest BCUT2D eigenvalue weighted by Gasteiger charge is -2.07. The van der Waals surface area contributed by atoms with Crippen LogP contribution in [0.15, 0.2) is 53.5 Å². The van der Waals surface area contributed by atoms with Crippen LogP contribution >= 0.6 is 0 Å². The predicted molar refractivity (Wildman–Crippen MR) is 76.3 cm³/mol. The molecule has 0 saturated carbocycles. The fourth-order valence-electron chi connectivity index (χ4n) is 1.97. The number of nitrogens with zero attached hydrogens (tertiary/aromatic N) is 2. The molecule has 0 atom stereocenters. The molecule has 104 valence electrons. The monoisotopic (exact) mass is 282 g/mol. The highest BCUT2D eigenvalue weighted by Gasteiger charge is 2.17. The van der Waals surface area contributed by atoms with E-state index in [1.54, 1.807) is 36.4 Å². The van der Waals surface area contributed by atoms with E-state index in [2.05, 4.69) is 15.8 Å². The number of benzene rings is 2. The van der Waals surface area contributed by atoms with Gasteiger partial charge in [-0.25, -0.2) is 4.99 Å². The highest BCUT2D eigenvalue weighted by atomic mass is 16.6. The number of non-ortho nitro benzene ring substituents is 1. The molecule has 0 spiro atoms. The summed E-state index contributed by atoms with van der Waals surface area (Å²) >= 11 is 0. The lowest BCUT2D eigenvalue weighted by Crippen LogP contribution is -2.40. The van der Waals surface area contributed by atoms with E-state index in [-0.39, 0.29) is 11.6 Å². The number of hydrogen-bond donors (Lipinski definition) is 2. The van der Waals surface area contributed by atoms with E-state index in [1.165, 1.54) is 12.1 Å². The molecule has 0 bridgehead atoms. The van der Waals surface area contributed by atoms with Gasteiger partial charge in [-0.15, -0.1) is 0 Å². The summed E-state index contributed by atoms with van der Waals surface area (Å²) < 4.78 is 0. The molecule has 7 nitrogen and oxygen atoms in total. The van der Waals surface area contributed by atoms with Gasteiger partial charge in [-0.05, 0) is 24.3 Å². The third-order valence-electron chi connectivity index (χ3n) is 3.03. The van der Waals surface area contributed by atoms with Gasteiger partial charge in [-0.1, -0.05) is 12.1 Å². The number of amidine groups is 1. The first-order valence-electron chi connectivity index (χ1n) is 6.14. The number of carbonyl (C=O) groups excluding carboxylic acids is 1.